The van der Waals surface area contributed by atoms with Gasteiger partial charge in [0.1, 0.15) is 4.21 Å². The third-order valence-corrected chi connectivity index (χ3v) is 5.76. The van der Waals surface area contributed by atoms with Crippen molar-refractivity contribution in [3.63, 3.8) is 0 Å². The zero-order valence-electron chi connectivity index (χ0n) is 13.1. The Labute approximate surface area is 144 Å². The molecule has 0 aliphatic carbocycles. The first-order valence-electron chi connectivity index (χ1n) is 7.07. The number of rotatable bonds is 5. The molecule has 24 heavy (non-hydrogen) atoms. The van der Waals surface area contributed by atoms with Gasteiger partial charge in [0, 0.05) is 5.92 Å². The number of benzene rings is 1. The van der Waals surface area contributed by atoms with Crippen LogP contribution in [0, 0.1) is 5.92 Å². The minimum atomic E-state index is -3.77. The fourth-order valence-corrected chi connectivity index (χ4v) is 3.78. The van der Waals surface area contributed by atoms with Gasteiger partial charge in [-0.05, 0) is 23.6 Å². The summed E-state index contributed by atoms with van der Waals surface area (Å²) in [6.45, 7) is 3.37. The number of hydrazine groups is 1. The monoisotopic (exact) mass is 367 g/mol. The van der Waals surface area contributed by atoms with Gasteiger partial charge in [-0.25, -0.2) is 8.42 Å². The van der Waals surface area contributed by atoms with Gasteiger partial charge in [-0.3, -0.25) is 25.2 Å². The fourth-order valence-electron chi connectivity index (χ4n) is 1.71. The Bertz CT molecular complexity index is 830. The van der Waals surface area contributed by atoms with E-state index in [2.05, 4.69) is 15.6 Å². The van der Waals surface area contributed by atoms with Gasteiger partial charge in [0.2, 0.25) is 5.91 Å². The van der Waals surface area contributed by atoms with E-state index in [9.17, 15) is 18.0 Å². The van der Waals surface area contributed by atoms with E-state index in [1.165, 1.54) is 18.2 Å². The minimum Gasteiger partial charge on any atom is -0.278 e. The Morgan fingerprint density at radius 2 is 1.75 bits per heavy atom. The zero-order valence-corrected chi connectivity index (χ0v) is 14.7. The summed E-state index contributed by atoms with van der Waals surface area (Å²) >= 11 is 1.07. The number of hydrogen-bond donors (Lipinski definition) is 3. The van der Waals surface area contributed by atoms with E-state index < -0.39 is 15.9 Å². The van der Waals surface area contributed by atoms with E-state index >= 15 is 0 Å². The molecular weight excluding hydrogens is 350 g/mol. The molecule has 2 amide bonds. The average molecular weight is 367 g/mol. The van der Waals surface area contributed by atoms with Gasteiger partial charge in [-0.15, -0.1) is 11.3 Å². The molecule has 2 rings (SSSR count). The Balaban J connectivity index is 2.18. The first-order valence-corrected chi connectivity index (χ1v) is 9.43. The van der Waals surface area contributed by atoms with Crippen molar-refractivity contribution in [2.75, 3.05) is 4.72 Å². The summed E-state index contributed by atoms with van der Waals surface area (Å²) in [5.74, 6) is -1.26. The first-order chi connectivity index (χ1) is 11.3. The van der Waals surface area contributed by atoms with E-state index in [4.69, 9.17) is 0 Å². The number of nitrogens with one attached hydrogen (secondary N) is 3. The highest BCUT2D eigenvalue weighted by atomic mass is 32.2. The van der Waals surface area contributed by atoms with Gasteiger partial charge in [-0.1, -0.05) is 32.0 Å². The van der Waals surface area contributed by atoms with Crippen molar-refractivity contribution in [3.8, 4) is 0 Å². The molecule has 9 heteroatoms. The number of thiophene rings is 1. The van der Waals surface area contributed by atoms with Crippen LogP contribution in [0.1, 0.15) is 24.2 Å². The average Bonchev–Trinajstić information content (AvgIpc) is 3.07. The first kappa shape index (κ1) is 18.0. The number of sulfonamides is 1. The fraction of sp³-hybridized carbons (Fsp3) is 0.200. The van der Waals surface area contributed by atoms with Gasteiger partial charge in [0.15, 0.2) is 0 Å². The molecule has 0 spiro atoms. The maximum absolute atomic E-state index is 12.3. The third-order valence-electron chi connectivity index (χ3n) is 3.00. The van der Waals surface area contributed by atoms with Gasteiger partial charge in [-0.2, -0.15) is 0 Å². The molecular formula is C15H17N3O4S2. The van der Waals surface area contributed by atoms with Crippen LogP contribution in [0.25, 0.3) is 0 Å². The molecule has 3 N–H and O–H groups in total. The molecule has 0 aliphatic heterocycles. The molecule has 1 aromatic heterocycles. The molecule has 0 bridgehead atoms. The van der Waals surface area contributed by atoms with Crippen molar-refractivity contribution in [3.05, 3.63) is 47.3 Å². The summed E-state index contributed by atoms with van der Waals surface area (Å²) in [5.41, 5.74) is 4.78. The molecule has 0 fully saturated rings. The standard InChI is InChI=1S/C15H17N3O4S2/c1-10(2)14(19)16-17-15(20)11-6-3-4-7-12(11)18-24(21,22)13-8-5-9-23-13/h3-10,18H,1-2H3,(H,16,19)(H,17,20). The van der Waals surface area contributed by atoms with Crippen LogP contribution >= 0.6 is 11.3 Å². The van der Waals surface area contributed by atoms with E-state index in [-0.39, 0.29) is 27.3 Å². The second-order valence-electron chi connectivity index (χ2n) is 5.18. The van der Waals surface area contributed by atoms with Crippen LogP contribution in [0.15, 0.2) is 46.0 Å². The SMILES string of the molecule is CC(C)C(=O)NNC(=O)c1ccccc1NS(=O)(=O)c1cccs1. The summed E-state index contributed by atoms with van der Waals surface area (Å²) < 4.78 is 27.1. The lowest BCUT2D eigenvalue weighted by atomic mass is 10.2. The third kappa shape index (κ3) is 4.33. The Hall–Kier alpha value is -2.39. The summed E-state index contributed by atoms with van der Waals surface area (Å²) in [6.07, 6.45) is 0. The summed E-state index contributed by atoms with van der Waals surface area (Å²) in [5, 5.41) is 1.65. The molecule has 0 atom stereocenters. The van der Waals surface area contributed by atoms with Crippen LogP contribution in [0.5, 0.6) is 0 Å². The lowest BCUT2D eigenvalue weighted by Crippen LogP contribution is -2.43. The van der Waals surface area contributed by atoms with Gasteiger partial charge < -0.3 is 0 Å². The highest BCUT2D eigenvalue weighted by Crippen LogP contribution is 2.22. The molecule has 1 heterocycles. The number of carbonyl (C=O) groups is 2. The second-order valence-corrected chi connectivity index (χ2v) is 8.04. The van der Waals surface area contributed by atoms with Crippen LogP contribution in [-0.4, -0.2) is 20.2 Å². The van der Waals surface area contributed by atoms with Crippen LogP contribution in [-0.2, 0) is 14.8 Å². The molecule has 1 aromatic carbocycles. The van der Waals surface area contributed by atoms with E-state index in [1.54, 1.807) is 37.4 Å². The smallest absolute Gasteiger partial charge is 0.271 e. The van der Waals surface area contributed by atoms with Crippen molar-refractivity contribution >= 4 is 38.9 Å². The lowest BCUT2D eigenvalue weighted by Gasteiger charge is -2.13. The molecule has 0 aliphatic rings. The number of hydrogen-bond acceptors (Lipinski definition) is 5. The number of amides is 2. The summed E-state index contributed by atoms with van der Waals surface area (Å²) in [4.78, 5) is 23.7. The minimum absolute atomic E-state index is 0.0988. The lowest BCUT2D eigenvalue weighted by molar-refractivity contribution is -0.124. The Kier molecular flexibility index (Phi) is 5.58. The summed E-state index contributed by atoms with van der Waals surface area (Å²) in [6, 6.07) is 9.24. The van der Waals surface area contributed by atoms with E-state index in [1.807, 2.05) is 0 Å². The van der Waals surface area contributed by atoms with Crippen LogP contribution in [0.3, 0.4) is 0 Å². The highest BCUT2D eigenvalue weighted by molar-refractivity contribution is 7.94. The predicted molar refractivity (Wildman–Crippen MR) is 92.0 cm³/mol. The van der Waals surface area contributed by atoms with E-state index in [0.29, 0.717) is 0 Å². The highest BCUT2D eigenvalue weighted by Gasteiger charge is 2.19. The molecule has 0 radical (unpaired) electrons. The largest absolute Gasteiger partial charge is 0.278 e. The van der Waals surface area contributed by atoms with Crippen molar-refractivity contribution in [1.29, 1.82) is 0 Å². The van der Waals surface area contributed by atoms with E-state index in [0.717, 1.165) is 11.3 Å². The number of para-hydroxylation sites is 1. The molecule has 0 saturated heterocycles. The predicted octanol–water partition coefficient (Wildman–Crippen LogP) is 1.97. The number of carbonyl (C=O) groups excluding carboxylic acids is 2. The van der Waals surface area contributed by atoms with Crippen LogP contribution in [0.2, 0.25) is 0 Å². The van der Waals surface area contributed by atoms with Crippen molar-refractivity contribution in [1.82, 2.24) is 10.9 Å². The van der Waals surface area contributed by atoms with Crippen molar-refractivity contribution in [2.24, 2.45) is 5.92 Å². The normalized spacial score (nSPS) is 11.1. The number of anilines is 1. The Morgan fingerprint density at radius 1 is 1.04 bits per heavy atom. The van der Waals surface area contributed by atoms with Crippen LogP contribution in [0.4, 0.5) is 5.69 Å². The second kappa shape index (κ2) is 7.45. The van der Waals surface area contributed by atoms with Gasteiger partial charge in [0.25, 0.3) is 15.9 Å². The topological polar surface area (TPSA) is 104 Å². The zero-order chi connectivity index (χ0) is 17.7. The van der Waals surface area contributed by atoms with Gasteiger partial charge in [0.05, 0.1) is 11.3 Å². The van der Waals surface area contributed by atoms with Gasteiger partial charge >= 0.3 is 0 Å². The van der Waals surface area contributed by atoms with Crippen LogP contribution < -0.4 is 15.6 Å². The molecule has 0 saturated carbocycles. The summed E-state index contributed by atoms with van der Waals surface area (Å²) in [7, 11) is -3.77. The van der Waals surface area contributed by atoms with Crippen molar-refractivity contribution < 1.29 is 18.0 Å². The maximum Gasteiger partial charge on any atom is 0.271 e. The molecule has 0 unspecified atom stereocenters. The molecule has 2 aromatic rings. The Morgan fingerprint density at radius 3 is 2.38 bits per heavy atom. The quantitative estimate of drug-likeness (QED) is 0.703. The van der Waals surface area contributed by atoms with Crippen molar-refractivity contribution in [2.45, 2.75) is 18.1 Å². The molecule has 7 nitrogen and oxygen atoms in total. The molecule has 128 valence electrons. The maximum atomic E-state index is 12.3.